The Morgan fingerprint density at radius 2 is 2.00 bits per heavy atom. The highest BCUT2D eigenvalue weighted by atomic mass is 16.5. The van der Waals surface area contributed by atoms with Crippen LogP contribution in [0.2, 0.25) is 0 Å². The average molecular weight is 227 g/mol. The average Bonchev–Trinajstić information content (AvgIpc) is 2.31. The van der Waals surface area contributed by atoms with Crippen LogP contribution in [0.3, 0.4) is 0 Å². The number of methoxy groups -OCH3 is 1. The Bertz CT molecular complexity index is 232. The topological polar surface area (TPSA) is 71.5 Å². The zero-order valence-electron chi connectivity index (χ0n) is 9.95. The monoisotopic (exact) mass is 227 g/mol. The van der Waals surface area contributed by atoms with Crippen LogP contribution in [0.1, 0.15) is 12.8 Å². The lowest BCUT2D eigenvalue weighted by atomic mass is 9.90. The van der Waals surface area contributed by atoms with E-state index in [1.807, 2.05) is 0 Å². The Hall–Kier alpha value is -0.670. The van der Waals surface area contributed by atoms with Crippen molar-refractivity contribution in [3.63, 3.8) is 0 Å². The zero-order chi connectivity index (χ0) is 11.9. The summed E-state index contributed by atoms with van der Waals surface area (Å²) >= 11 is 0. The Labute approximate surface area is 97.1 Å². The van der Waals surface area contributed by atoms with Crippen LogP contribution in [-0.4, -0.2) is 57.0 Å². The molecule has 0 aliphatic carbocycles. The summed E-state index contributed by atoms with van der Waals surface area (Å²) in [7, 11) is 1.66. The molecule has 5 nitrogen and oxygen atoms in total. The minimum absolute atomic E-state index is 0.604. The van der Waals surface area contributed by atoms with Gasteiger partial charge in [-0.05, 0) is 12.8 Å². The van der Waals surface area contributed by atoms with E-state index in [0.29, 0.717) is 19.8 Å². The summed E-state index contributed by atoms with van der Waals surface area (Å²) < 4.78 is 10.3. The highest BCUT2D eigenvalue weighted by Crippen LogP contribution is 2.18. The van der Waals surface area contributed by atoms with Gasteiger partial charge in [-0.25, -0.2) is 0 Å². The molecule has 0 radical (unpaired) electrons. The van der Waals surface area contributed by atoms with Crippen LogP contribution >= 0.6 is 0 Å². The minimum atomic E-state index is -0.604. The van der Waals surface area contributed by atoms with Crippen molar-refractivity contribution in [2.75, 3.05) is 46.6 Å². The molecule has 0 spiro atoms. The summed E-state index contributed by atoms with van der Waals surface area (Å²) in [5, 5.41) is 8.88. The summed E-state index contributed by atoms with van der Waals surface area (Å²) in [6.07, 6.45) is 1.50. The molecule has 1 aliphatic heterocycles. The first-order valence-corrected chi connectivity index (χ1v) is 5.69. The van der Waals surface area contributed by atoms with Crippen molar-refractivity contribution >= 4 is 0 Å². The van der Waals surface area contributed by atoms with E-state index in [9.17, 15) is 0 Å². The van der Waals surface area contributed by atoms with Gasteiger partial charge in [-0.1, -0.05) is 0 Å². The van der Waals surface area contributed by atoms with Crippen molar-refractivity contribution in [3.8, 4) is 6.07 Å². The lowest BCUT2D eigenvalue weighted by Gasteiger charge is -2.34. The van der Waals surface area contributed by atoms with Crippen LogP contribution in [0.15, 0.2) is 0 Å². The fraction of sp³-hybridized carbons (Fsp3) is 0.909. The largest absolute Gasteiger partial charge is 0.382 e. The van der Waals surface area contributed by atoms with Crippen molar-refractivity contribution in [2.45, 2.75) is 18.4 Å². The number of nitrogens with two attached hydrogens (primary N) is 1. The molecule has 5 heteroatoms. The fourth-order valence-electron chi connectivity index (χ4n) is 1.73. The number of hydrogen-bond donors (Lipinski definition) is 1. The highest BCUT2D eigenvalue weighted by molar-refractivity contribution is 5.07. The van der Waals surface area contributed by atoms with Crippen LogP contribution < -0.4 is 5.73 Å². The molecular weight excluding hydrogens is 206 g/mol. The number of ether oxygens (including phenoxy) is 2. The molecule has 0 aromatic rings. The van der Waals surface area contributed by atoms with E-state index in [1.165, 1.54) is 0 Å². The second kappa shape index (κ2) is 6.81. The number of nitriles is 1. The van der Waals surface area contributed by atoms with E-state index in [4.69, 9.17) is 20.5 Å². The van der Waals surface area contributed by atoms with Crippen LogP contribution in [0.4, 0.5) is 0 Å². The number of piperidine rings is 1. The third-order valence-corrected chi connectivity index (χ3v) is 2.95. The first kappa shape index (κ1) is 13.4. The van der Waals surface area contributed by atoms with Gasteiger partial charge in [0.25, 0.3) is 0 Å². The molecule has 0 amide bonds. The lowest BCUT2D eigenvalue weighted by molar-refractivity contribution is 0.0515. The molecule has 1 heterocycles. The van der Waals surface area contributed by atoms with Crippen molar-refractivity contribution in [2.24, 2.45) is 5.73 Å². The molecule has 0 unspecified atom stereocenters. The van der Waals surface area contributed by atoms with Gasteiger partial charge >= 0.3 is 0 Å². The van der Waals surface area contributed by atoms with Gasteiger partial charge in [0.05, 0.1) is 25.9 Å². The number of likely N-dealkylation sites (tertiary alicyclic amines) is 1. The predicted octanol–water partition coefficient (Wildman–Crippen LogP) is -0.0337. The number of rotatable bonds is 6. The molecule has 2 N–H and O–H groups in total. The Morgan fingerprint density at radius 1 is 1.31 bits per heavy atom. The molecule has 1 saturated heterocycles. The highest BCUT2D eigenvalue weighted by Gasteiger charge is 2.30. The molecule has 1 rings (SSSR count). The minimum Gasteiger partial charge on any atom is -0.382 e. The molecule has 92 valence electrons. The second-order valence-corrected chi connectivity index (χ2v) is 4.21. The maximum Gasteiger partial charge on any atom is 0.106 e. The standard InChI is InChI=1S/C11H21N3O2/c1-15-8-9-16-7-6-14-4-2-11(13,10-12)3-5-14/h2-9,13H2,1H3. The quantitative estimate of drug-likeness (QED) is 0.645. The van der Waals surface area contributed by atoms with Gasteiger partial charge in [-0.2, -0.15) is 5.26 Å². The third-order valence-electron chi connectivity index (χ3n) is 2.95. The van der Waals surface area contributed by atoms with Gasteiger partial charge in [-0.3, -0.25) is 0 Å². The van der Waals surface area contributed by atoms with Gasteiger partial charge in [0.15, 0.2) is 0 Å². The van der Waals surface area contributed by atoms with Gasteiger partial charge in [0.1, 0.15) is 5.54 Å². The molecule has 0 saturated carbocycles. The molecule has 0 aromatic carbocycles. The van der Waals surface area contributed by atoms with Crippen molar-refractivity contribution in [3.05, 3.63) is 0 Å². The fourth-order valence-corrected chi connectivity index (χ4v) is 1.73. The van der Waals surface area contributed by atoms with Crippen LogP contribution in [0.25, 0.3) is 0 Å². The lowest BCUT2D eigenvalue weighted by Crippen LogP contribution is -2.49. The van der Waals surface area contributed by atoms with Crippen LogP contribution in [-0.2, 0) is 9.47 Å². The Morgan fingerprint density at radius 3 is 2.56 bits per heavy atom. The second-order valence-electron chi connectivity index (χ2n) is 4.21. The molecule has 0 bridgehead atoms. The van der Waals surface area contributed by atoms with Crippen molar-refractivity contribution < 1.29 is 9.47 Å². The smallest absolute Gasteiger partial charge is 0.106 e. The molecule has 16 heavy (non-hydrogen) atoms. The van der Waals surface area contributed by atoms with Crippen LogP contribution in [0, 0.1) is 11.3 Å². The van der Waals surface area contributed by atoms with Gasteiger partial charge in [0.2, 0.25) is 0 Å². The van der Waals surface area contributed by atoms with E-state index in [1.54, 1.807) is 7.11 Å². The van der Waals surface area contributed by atoms with Crippen LogP contribution in [0.5, 0.6) is 0 Å². The summed E-state index contributed by atoms with van der Waals surface area (Å²) in [4.78, 5) is 2.29. The first-order valence-electron chi connectivity index (χ1n) is 5.69. The predicted molar refractivity (Wildman–Crippen MR) is 60.9 cm³/mol. The maximum absolute atomic E-state index is 8.88. The molecule has 0 aromatic heterocycles. The van der Waals surface area contributed by atoms with Gasteiger partial charge in [0, 0.05) is 26.7 Å². The van der Waals surface area contributed by atoms with E-state index >= 15 is 0 Å². The van der Waals surface area contributed by atoms with E-state index < -0.39 is 5.54 Å². The summed E-state index contributed by atoms with van der Waals surface area (Å²) in [5.41, 5.74) is 5.28. The van der Waals surface area contributed by atoms with E-state index in [-0.39, 0.29) is 0 Å². The number of hydrogen-bond acceptors (Lipinski definition) is 5. The third kappa shape index (κ3) is 4.45. The molecular formula is C11H21N3O2. The van der Waals surface area contributed by atoms with Crippen molar-refractivity contribution in [1.82, 2.24) is 4.90 Å². The summed E-state index contributed by atoms with van der Waals surface area (Å²) in [6.45, 7) is 4.68. The first-order chi connectivity index (χ1) is 7.70. The summed E-state index contributed by atoms with van der Waals surface area (Å²) in [5.74, 6) is 0. The molecule has 1 aliphatic rings. The Kier molecular flexibility index (Phi) is 5.71. The molecule has 0 atom stereocenters. The van der Waals surface area contributed by atoms with Gasteiger partial charge < -0.3 is 20.1 Å². The maximum atomic E-state index is 8.88. The molecule has 1 fully saturated rings. The Balaban J connectivity index is 2.07. The normalized spacial score (nSPS) is 20.6. The van der Waals surface area contributed by atoms with E-state index in [2.05, 4.69) is 11.0 Å². The van der Waals surface area contributed by atoms with E-state index in [0.717, 1.165) is 32.5 Å². The SMILES string of the molecule is COCCOCCN1CCC(N)(C#N)CC1. The van der Waals surface area contributed by atoms with Gasteiger partial charge in [-0.15, -0.1) is 0 Å². The number of nitrogens with zero attached hydrogens (tertiary/aromatic N) is 2. The zero-order valence-corrected chi connectivity index (χ0v) is 9.95. The summed E-state index contributed by atoms with van der Waals surface area (Å²) in [6, 6.07) is 2.19. The van der Waals surface area contributed by atoms with Crippen molar-refractivity contribution in [1.29, 1.82) is 5.26 Å².